The van der Waals surface area contributed by atoms with Gasteiger partial charge in [0.2, 0.25) is 0 Å². The summed E-state index contributed by atoms with van der Waals surface area (Å²) < 4.78 is 0.738. The fourth-order valence-electron chi connectivity index (χ4n) is 0.325. The van der Waals surface area contributed by atoms with E-state index in [0.29, 0.717) is 0 Å². The zero-order valence-corrected chi connectivity index (χ0v) is 7.77. The number of aliphatic imine (C=N–C) groups is 1. The molecule has 0 rings (SSSR count). The highest BCUT2D eigenvalue weighted by atomic mass is 79.9. The van der Waals surface area contributed by atoms with Crippen LogP contribution in [-0.2, 0) is 0 Å². The molecule has 0 amide bonds. The molecule has 0 aromatic rings. The quantitative estimate of drug-likeness (QED) is 0.686. The van der Waals surface area contributed by atoms with Crippen LogP contribution in [0.3, 0.4) is 0 Å². The van der Waals surface area contributed by atoms with Gasteiger partial charge in [-0.3, -0.25) is 0 Å². The van der Waals surface area contributed by atoms with Gasteiger partial charge in [0, 0.05) is 5.70 Å². The minimum Gasteiger partial charge on any atom is -0.404 e. The van der Waals surface area contributed by atoms with Crippen molar-refractivity contribution in [3.8, 4) is 0 Å². The first-order valence-electron chi connectivity index (χ1n) is 2.86. The Morgan fingerprint density at radius 2 is 2.10 bits per heavy atom. The maximum Gasteiger partial charge on any atom is 0.110 e. The standard InChI is InChI=1S/C7H11BrN2/c1-5(2)10-7(8)6(3)4-9/h4H,1,9H2,2-3H3/b6-4-,10-7+. The molecule has 0 spiro atoms. The third kappa shape index (κ3) is 3.45. The number of rotatable bonds is 2. The lowest BCUT2D eigenvalue weighted by atomic mass is 10.4. The fourth-order valence-corrected chi connectivity index (χ4v) is 0.759. The molecule has 0 bridgehead atoms. The normalized spacial score (nSPS) is 13.5. The van der Waals surface area contributed by atoms with Crippen molar-refractivity contribution in [1.29, 1.82) is 0 Å². The van der Waals surface area contributed by atoms with Crippen molar-refractivity contribution in [3.05, 3.63) is 24.0 Å². The Morgan fingerprint density at radius 1 is 1.60 bits per heavy atom. The summed E-state index contributed by atoms with van der Waals surface area (Å²) in [4.78, 5) is 4.04. The molecule has 10 heavy (non-hydrogen) atoms. The maximum atomic E-state index is 5.25. The Morgan fingerprint density at radius 3 is 2.40 bits per heavy atom. The summed E-state index contributed by atoms with van der Waals surface area (Å²) in [5.74, 6) is 0. The summed E-state index contributed by atoms with van der Waals surface area (Å²) in [6.45, 7) is 7.32. The molecule has 3 heteroatoms. The lowest BCUT2D eigenvalue weighted by Gasteiger charge is -1.95. The van der Waals surface area contributed by atoms with Gasteiger partial charge in [-0.1, -0.05) is 6.58 Å². The smallest absolute Gasteiger partial charge is 0.110 e. The molecule has 0 aliphatic carbocycles. The molecule has 0 aromatic carbocycles. The van der Waals surface area contributed by atoms with Gasteiger partial charge in [0.05, 0.1) is 0 Å². The summed E-state index contributed by atoms with van der Waals surface area (Å²) >= 11 is 3.24. The average molecular weight is 203 g/mol. The molecule has 0 saturated heterocycles. The lowest BCUT2D eigenvalue weighted by molar-refractivity contribution is 1.32. The number of nitrogens with zero attached hydrogens (tertiary/aromatic N) is 1. The third-order valence-electron chi connectivity index (χ3n) is 0.864. The van der Waals surface area contributed by atoms with Gasteiger partial charge in [0.1, 0.15) is 4.62 Å². The van der Waals surface area contributed by atoms with E-state index in [1.54, 1.807) is 0 Å². The number of hydrogen-bond donors (Lipinski definition) is 1. The van der Waals surface area contributed by atoms with Crippen molar-refractivity contribution in [1.82, 2.24) is 0 Å². The van der Waals surface area contributed by atoms with Crippen molar-refractivity contribution in [3.63, 3.8) is 0 Å². The van der Waals surface area contributed by atoms with Gasteiger partial charge in [-0.2, -0.15) is 0 Å². The van der Waals surface area contributed by atoms with Crippen molar-refractivity contribution in [2.24, 2.45) is 10.7 Å². The Balaban J connectivity index is 4.35. The second kappa shape index (κ2) is 4.28. The second-order valence-corrected chi connectivity index (χ2v) is 2.74. The predicted octanol–water partition coefficient (Wildman–Crippen LogP) is 2.18. The molecule has 2 nitrogen and oxygen atoms in total. The summed E-state index contributed by atoms with van der Waals surface area (Å²) in [5.41, 5.74) is 6.91. The fraction of sp³-hybridized carbons (Fsp3) is 0.286. The zero-order chi connectivity index (χ0) is 8.15. The van der Waals surface area contributed by atoms with E-state index in [9.17, 15) is 0 Å². The SMILES string of the molecule is C=C(C)/N=C(Br)\C(C)=C/N. The maximum absolute atomic E-state index is 5.25. The third-order valence-corrected chi connectivity index (χ3v) is 1.67. The molecule has 56 valence electrons. The van der Waals surface area contributed by atoms with Crippen LogP contribution < -0.4 is 5.73 Å². The summed E-state index contributed by atoms with van der Waals surface area (Å²) in [6.07, 6.45) is 1.50. The van der Waals surface area contributed by atoms with Crippen molar-refractivity contribution in [2.75, 3.05) is 0 Å². The highest BCUT2D eigenvalue weighted by Crippen LogP contribution is 2.05. The largest absolute Gasteiger partial charge is 0.404 e. The molecular weight excluding hydrogens is 192 g/mol. The van der Waals surface area contributed by atoms with E-state index in [4.69, 9.17) is 5.73 Å². The first-order valence-corrected chi connectivity index (χ1v) is 3.65. The average Bonchev–Trinajstić information content (AvgIpc) is 1.85. The van der Waals surface area contributed by atoms with Crippen LogP contribution in [0, 0.1) is 0 Å². The van der Waals surface area contributed by atoms with E-state index in [2.05, 4.69) is 27.5 Å². The van der Waals surface area contributed by atoms with Crippen molar-refractivity contribution < 1.29 is 0 Å². The molecule has 0 aromatic heterocycles. The minimum atomic E-state index is 0.738. The van der Waals surface area contributed by atoms with Gasteiger partial charge < -0.3 is 5.73 Å². The highest BCUT2D eigenvalue weighted by Gasteiger charge is 1.93. The number of halogens is 1. The van der Waals surface area contributed by atoms with Gasteiger partial charge in [0.25, 0.3) is 0 Å². The van der Waals surface area contributed by atoms with Crippen LogP contribution in [0.25, 0.3) is 0 Å². The zero-order valence-electron chi connectivity index (χ0n) is 6.19. The van der Waals surface area contributed by atoms with E-state index >= 15 is 0 Å². The highest BCUT2D eigenvalue weighted by molar-refractivity contribution is 9.18. The first-order chi connectivity index (χ1) is 4.57. The Labute approximate surface area is 69.7 Å². The first kappa shape index (κ1) is 9.43. The Kier molecular flexibility index (Phi) is 4.03. The molecule has 0 aliphatic heterocycles. The van der Waals surface area contributed by atoms with Crippen LogP contribution in [0.4, 0.5) is 0 Å². The lowest BCUT2D eigenvalue weighted by Crippen LogP contribution is -1.92. The van der Waals surface area contributed by atoms with E-state index in [-0.39, 0.29) is 0 Å². The number of allylic oxidation sites excluding steroid dienone is 2. The number of nitrogens with two attached hydrogens (primary N) is 1. The topological polar surface area (TPSA) is 38.4 Å². The van der Waals surface area contributed by atoms with Crippen LogP contribution in [0.2, 0.25) is 0 Å². The molecular formula is C7H11BrN2. The van der Waals surface area contributed by atoms with Gasteiger partial charge in [-0.15, -0.1) is 0 Å². The second-order valence-electron chi connectivity index (χ2n) is 1.99. The molecule has 0 fully saturated rings. The number of hydrogen-bond acceptors (Lipinski definition) is 2. The summed E-state index contributed by atoms with van der Waals surface area (Å²) in [6, 6.07) is 0. The molecule has 0 saturated carbocycles. The van der Waals surface area contributed by atoms with Gasteiger partial charge in [-0.05, 0) is 41.6 Å². The molecule has 0 unspecified atom stereocenters. The molecule has 0 radical (unpaired) electrons. The Hall–Kier alpha value is -0.570. The van der Waals surface area contributed by atoms with Crippen molar-refractivity contribution >= 4 is 20.6 Å². The van der Waals surface area contributed by atoms with Gasteiger partial charge in [0.15, 0.2) is 0 Å². The monoisotopic (exact) mass is 202 g/mol. The van der Waals surface area contributed by atoms with E-state index in [1.807, 2.05) is 13.8 Å². The van der Waals surface area contributed by atoms with Crippen LogP contribution in [0.15, 0.2) is 29.0 Å². The van der Waals surface area contributed by atoms with Crippen LogP contribution >= 0.6 is 15.9 Å². The Bertz CT molecular complexity index is 192. The molecule has 0 aliphatic rings. The molecule has 0 atom stereocenters. The van der Waals surface area contributed by atoms with E-state index in [0.717, 1.165) is 15.9 Å². The van der Waals surface area contributed by atoms with E-state index in [1.165, 1.54) is 6.20 Å². The predicted molar refractivity (Wildman–Crippen MR) is 49.1 cm³/mol. The summed E-state index contributed by atoms with van der Waals surface area (Å²) in [5, 5.41) is 0. The molecule has 2 N–H and O–H groups in total. The van der Waals surface area contributed by atoms with Gasteiger partial charge in [-0.25, -0.2) is 4.99 Å². The van der Waals surface area contributed by atoms with Crippen molar-refractivity contribution in [2.45, 2.75) is 13.8 Å². The van der Waals surface area contributed by atoms with E-state index < -0.39 is 0 Å². The van der Waals surface area contributed by atoms with Crippen LogP contribution in [0.5, 0.6) is 0 Å². The summed E-state index contributed by atoms with van der Waals surface area (Å²) in [7, 11) is 0. The molecule has 0 heterocycles. The van der Waals surface area contributed by atoms with Crippen LogP contribution in [0.1, 0.15) is 13.8 Å². The minimum absolute atomic E-state index is 0.738. The van der Waals surface area contributed by atoms with Crippen LogP contribution in [-0.4, -0.2) is 4.62 Å². The van der Waals surface area contributed by atoms with Gasteiger partial charge >= 0.3 is 0 Å².